The van der Waals surface area contributed by atoms with Crippen molar-refractivity contribution in [2.45, 2.75) is 0 Å². The van der Waals surface area contributed by atoms with Crippen LogP contribution in [0, 0.1) is 11.3 Å². The highest BCUT2D eigenvalue weighted by molar-refractivity contribution is 6.12. The van der Waals surface area contributed by atoms with E-state index in [1.165, 1.54) is 0 Å². The molecule has 1 heterocycles. The van der Waals surface area contributed by atoms with Gasteiger partial charge in [-0.2, -0.15) is 5.26 Å². The van der Waals surface area contributed by atoms with Crippen molar-refractivity contribution in [3.63, 3.8) is 0 Å². The fourth-order valence-corrected chi connectivity index (χ4v) is 8.52. The summed E-state index contributed by atoms with van der Waals surface area (Å²) in [6, 6.07) is 52.3. The van der Waals surface area contributed by atoms with Gasteiger partial charge in [-0.25, -0.2) is 0 Å². The lowest BCUT2D eigenvalue weighted by molar-refractivity contribution is 1.18. The van der Waals surface area contributed by atoms with E-state index in [0.29, 0.717) is 50.1 Å². The van der Waals surface area contributed by atoms with Crippen LogP contribution in [0.15, 0.2) is 242 Å². The summed E-state index contributed by atoms with van der Waals surface area (Å²) in [5.41, 5.74) is 12.4. The summed E-state index contributed by atoms with van der Waals surface area (Å²) in [6.07, 6.45) is 0. The molecule has 0 radical (unpaired) electrons. The van der Waals surface area contributed by atoms with Crippen molar-refractivity contribution in [3.05, 3.63) is 248 Å². The van der Waals surface area contributed by atoms with Crippen LogP contribution in [0.2, 0.25) is 0 Å². The number of para-hydroxylation sites is 1. The number of aromatic nitrogens is 1. The van der Waals surface area contributed by atoms with Crippen molar-refractivity contribution in [2.24, 2.45) is 0 Å². The second-order valence-electron chi connectivity index (χ2n) is 15.2. The van der Waals surface area contributed by atoms with Gasteiger partial charge < -0.3 is 4.57 Å². The average molecular weight is 813 g/mol. The molecule has 0 N–H and O–H groups in total. The van der Waals surface area contributed by atoms with E-state index >= 15 is 0 Å². The quantitative estimate of drug-likeness (QED) is 0.150. The Morgan fingerprint density at radius 3 is 1.06 bits per heavy atom. The molecule has 0 aliphatic heterocycles. The highest BCUT2D eigenvalue weighted by Crippen LogP contribution is 2.42. The minimum Gasteiger partial charge on any atom is -0.309 e. The lowest BCUT2D eigenvalue weighted by Crippen LogP contribution is -1.98. The second kappa shape index (κ2) is 16.2. The van der Waals surface area contributed by atoms with Gasteiger partial charge in [0.25, 0.3) is 0 Å². The first-order valence-electron chi connectivity index (χ1n) is 26.4. The Morgan fingerprint density at radius 2 is 0.667 bits per heavy atom. The minimum atomic E-state index is -0.195. The summed E-state index contributed by atoms with van der Waals surface area (Å²) in [5, 5.41) is 12.0. The van der Waals surface area contributed by atoms with Crippen LogP contribution in [0.1, 0.15) is 22.0 Å². The maximum atomic E-state index is 10.3. The number of rotatable bonds is 8. The van der Waals surface area contributed by atoms with Gasteiger partial charge in [-0.15, -0.1) is 0 Å². The molecule has 0 amide bonds. The van der Waals surface area contributed by atoms with E-state index in [1.54, 1.807) is 54.6 Å². The highest BCUT2D eigenvalue weighted by atomic mass is 15.0. The van der Waals surface area contributed by atoms with E-state index in [9.17, 15) is 5.26 Å². The summed E-state index contributed by atoms with van der Waals surface area (Å²) in [4.78, 5) is 0. The molecule has 63 heavy (non-hydrogen) atoms. The van der Waals surface area contributed by atoms with Gasteiger partial charge in [0.1, 0.15) is 0 Å². The van der Waals surface area contributed by atoms with E-state index in [1.807, 2.05) is 103 Å². The molecule has 1 aromatic heterocycles. The van der Waals surface area contributed by atoms with Crippen LogP contribution in [-0.4, -0.2) is 4.57 Å². The molecule has 0 aliphatic carbocycles. The van der Waals surface area contributed by atoms with E-state index in [2.05, 4.69) is 22.8 Å². The Hall–Kier alpha value is -8.51. The number of hydrogen-bond acceptors (Lipinski definition) is 1. The number of nitrogens with zero attached hydrogens (tertiary/aromatic N) is 2. The van der Waals surface area contributed by atoms with Gasteiger partial charge in [0.2, 0.25) is 0 Å². The van der Waals surface area contributed by atoms with Crippen molar-refractivity contribution in [1.29, 1.82) is 5.26 Å². The first-order chi connectivity index (χ1) is 36.0. The number of hydrogen-bond donors (Lipinski definition) is 0. The molecule has 0 saturated heterocycles. The third-order valence-corrected chi connectivity index (χ3v) is 11.5. The summed E-state index contributed by atoms with van der Waals surface area (Å²) >= 11 is 0. The smallest absolute Gasteiger partial charge is 0.0998 e. The monoisotopic (exact) mass is 812 g/mol. The van der Waals surface area contributed by atoms with E-state index in [-0.39, 0.29) is 72.5 Å². The molecule has 0 unspecified atom stereocenters. The van der Waals surface area contributed by atoms with E-state index in [0.717, 1.165) is 60.9 Å². The van der Waals surface area contributed by atoms with Crippen molar-refractivity contribution in [2.75, 3.05) is 0 Å². The molecule has 11 rings (SSSR count). The van der Waals surface area contributed by atoms with Crippen molar-refractivity contribution >= 4 is 21.8 Å². The van der Waals surface area contributed by atoms with Gasteiger partial charge in [-0.05, 0) is 140 Å². The zero-order valence-electron chi connectivity index (χ0n) is 45.6. The Labute approximate surface area is 384 Å². The van der Waals surface area contributed by atoms with E-state index < -0.39 is 0 Å². The van der Waals surface area contributed by atoms with Crippen LogP contribution >= 0.6 is 0 Å². The van der Waals surface area contributed by atoms with Crippen molar-refractivity contribution in [3.8, 4) is 89.6 Å². The lowest BCUT2D eigenvalue weighted by atomic mass is 9.92. The summed E-state index contributed by atoms with van der Waals surface area (Å²) in [7, 11) is 0. The first-order valence-corrected chi connectivity index (χ1v) is 20.4. The predicted octanol–water partition coefficient (Wildman–Crippen LogP) is 16.3. The molecule has 0 bridgehead atoms. The Morgan fingerprint density at radius 1 is 0.317 bits per heavy atom. The lowest BCUT2D eigenvalue weighted by Gasteiger charge is -2.15. The molecule has 0 spiro atoms. The Kier molecular flexibility index (Phi) is 6.84. The molecule has 294 valence electrons. The minimum absolute atomic E-state index is 0.105. The predicted molar refractivity (Wildman–Crippen MR) is 264 cm³/mol. The molecule has 0 atom stereocenters. The summed E-state index contributed by atoms with van der Waals surface area (Å²) < 4.78 is 103. The molecule has 2 heteroatoms. The molecule has 11 aromatic rings. The molecular weight excluding hydrogens is 761 g/mol. The Bertz CT molecular complexity index is 3780. The first kappa shape index (κ1) is 26.6. The third kappa shape index (κ3) is 7.08. The van der Waals surface area contributed by atoms with Gasteiger partial charge in [0.05, 0.1) is 44.8 Å². The number of fused-ring (bicyclic) bond motifs is 3. The number of nitriles is 1. The second-order valence-corrected chi connectivity index (χ2v) is 15.2. The molecule has 0 aliphatic rings. The highest BCUT2D eigenvalue weighted by Gasteiger charge is 2.19. The van der Waals surface area contributed by atoms with E-state index in [4.69, 9.17) is 16.4 Å². The zero-order chi connectivity index (χ0) is 52.6. The van der Waals surface area contributed by atoms with Gasteiger partial charge in [0.15, 0.2) is 0 Å². The van der Waals surface area contributed by atoms with Crippen molar-refractivity contribution in [1.82, 2.24) is 4.57 Å². The van der Waals surface area contributed by atoms with Gasteiger partial charge in [-0.3, -0.25) is 0 Å². The van der Waals surface area contributed by atoms with Gasteiger partial charge in [-0.1, -0.05) is 170 Å². The maximum absolute atomic E-state index is 10.3. The molecular formula is C61H40N2. The normalized spacial score (nSPS) is 13.8. The maximum Gasteiger partial charge on any atom is 0.0998 e. The fourth-order valence-electron chi connectivity index (χ4n) is 8.52. The topological polar surface area (TPSA) is 28.7 Å². The van der Waals surface area contributed by atoms with Gasteiger partial charge >= 0.3 is 0 Å². The standard InChI is InChI=1S/C61H40N2/c62-41-48-25-13-14-26-55(48)56-27-15-16-28-59(56)63-60-31-29-46(53-35-49(42-17-5-1-6-18-42)33-50(36-53)43-19-7-2-8-20-43)39-57(60)58-40-47(30-32-61(58)63)54-37-51(44-21-9-3-10-22-44)34-52(38-54)45-23-11-4-12-24-45/h1-40H/i1D,2D,3D,4D,5D,6D,7D,8D,9D,10D,11D,12D. The Balaban J connectivity index is 1.19. The SMILES string of the molecule is [2H]c1cc(-c2cc(-c3cc([2H])c([2H])c([2H])c3)cc(-c3ccc4c(c3)c3cc(-c5cc(-c6cc([2H])c([2H])c([2H])c6)cc(-c6cc([2H])c([2H])c([2H])c6)c5)ccc3n4-c3ccccc3-c3ccccc3C#N)c2)cc([2H])c1[2H]. The van der Waals surface area contributed by atoms with Crippen LogP contribution in [0.3, 0.4) is 0 Å². The summed E-state index contributed by atoms with van der Waals surface area (Å²) in [5.74, 6) is 0. The van der Waals surface area contributed by atoms with Crippen LogP contribution in [-0.2, 0) is 0 Å². The zero-order valence-corrected chi connectivity index (χ0v) is 33.6. The van der Waals surface area contributed by atoms with Crippen LogP contribution in [0.25, 0.3) is 105 Å². The van der Waals surface area contributed by atoms with Gasteiger partial charge in [0, 0.05) is 21.9 Å². The van der Waals surface area contributed by atoms with Crippen LogP contribution < -0.4 is 0 Å². The van der Waals surface area contributed by atoms with Crippen LogP contribution in [0.5, 0.6) is 0 Å². The summed E-state index contributed by atoms with van der Waals surface area (Å²) in [6.45, 7) is 0. The largest absolute Gasteiger partial charge is 0.309 e. The molecule has 2 nitrogen and oxygen atoms in total. The third-order valence-electron chi connectivity index (χ3n) is 11.5. The van der Waals surface area contributed by atoms with Crippen LogP contribution in [0.4, 0.5) is 0 Å². The fraction of sp³-hybridized carbons (Fsp3) is 0. The molecule has 10 aromatic carbocycles. The average Bonchev–Trinajstić information content (AvgIpc) is 3.74. The number of benzene rings is 10. The molecule has 0 fully saturated rings. The van der Waals surface area contributed by atoms with Crippen molar-refractivity contribution < 1.29 is 16.4 Å². The molecule has 0 saturated carbocycles.